The van der Waals surface area contributed by atoms with Gasteiger partial charge in [0.25, 0.3) is 0 Å². The molecule has 2 amide bonds. The van der Waals surface area contributed by atoms with Crippen molar-refractivity contribution in [1.82, 2.24) is 10.2 Å². The second-order valence-electron chi connectivity index (χ2n) is 8.58. The Morgan fingerprint density at radius 1 is 0.919 bits per heavy atom. The van der Waals surface area contributed by atoms with Crippen LogP contribution in [0.5, 0.6) is 11.5 Å². The minimum Gasteiger partial charge on any atom is -0.457 e. The molecule has 1 aliphatic heterocycles. The fraction of sp³-hybridized carbons (Fsp3) is 0.286. The van der Waals surface area contributed by atoms with E-state index in [1.165, 1.54) is 24.3 Å². The summed E-state index contributed by atoms with van der Waals surface area (Å²) >= 11 is 0. The first-order valence-corrected chi connectivity index (χ1v) is 12.1. The van der Waals surface area contributed by atoms with Crippen LogP contribution in [-0.4, -0.2) is 62.2 Å². The quantitative estimate of drug-likeness (QED) is 0.413. The molecule has 0 radical (unpaired) electrons. The third-order valence-electron chi connectivity index (χ3n) is 5.69. The third kappa shape index (κ3) is 8.68. The number of carbonyl (C=O) groups excluding carboxylic acids is 2. The summed E-state index contributed by atoms with van der Waals surface area (Å²) in [6.45, 7) is 3.01. The molecule has 0 unspecified atom stereocenters. The number of ether oxygens (including phenoxy) is 3. The predicted molar refractivity (Wildman–Crippen MR) is 137 cm³/mol. The Balaban J connectivity index is 1.34. The SMILES string of the molecule is O=C(CN1CCOCC1)N[C@@H](COCc1ccccc1)C(=O)Nc1ccc(Oc2ccc(F)cc2)cc1. The van der Waals surface area contributed by atoms with Crippen molar-refractivity contribution < 1.29 is 28.2 Å². The monoisotopic (exact) mass is 507 g/mol. The van der Waals surface area contributed by atoms with E-state index in [-0.39, 0.29) is 24.9 Å². The third-order valence-corrected chi connectivity index (χ3v) is 5.69. The molecule has 0 spiro atoms. The Morgan fingerprint density at radius 2 is 1.57 bits per heavy atom. The Labute approximate surface area is 215 Å². The number of morpholine rings is 1. The summed E-state index contributed by atoms with van der Waals surface area (Å²) in [7, 11) is 0. The number of anilines is 1. The summed E-state index contributed by atoms with van der Waals surface area (Å²) in [5, 5.41) is 5.63. The fourth-order valence-electron chi connectivity index (χ4n) is 3.73. The summed E-state index contributed by atoms with van der Waals surface area (Å²) in [6.07, 6.45) is 0. The zero-order valence-corrected chi connectivity index (χ0v) is 20.4. The molecule has 8 nitrogen and oxygen atoms in total. The highest BCUT2D eigenvalue weighted by atomic mass is 19.1. The van der Waals surface area contributed by atoms with Crippen LogP contribution in [-0.2, 0) is 25.7 Å². The van der Waals surface area contributed by atoms with Gasteiger partial charge in [0, 0.05) is 18.8 Å². The van der Waals surface area contributed by atoms with Crippen molar-refractivity contribution in [1.29, 1.82) is 0 Å². The van der Waals surface area contributed by atoms with Gasteiger partial charge in [-0.2, -0.15) is 0 Å². The van der Waals surface area contributed by atoms with Gasteiger partial charge in [0.05, 0.1) is 33.0 Å². The summed E-state index contributed by atoms with van der Waals surface area (Å²) < 4.78 is 29.9. The van der Waals surface area contributed by atoms with Gasteiger partial charge in [-0.3, -0.25) is 14.5 Å². The predicted octanol–water partition coefficient (Wildman–Crippen LogP) is 3.59. The highest BCUT2D eigenvalue weighted by molar-refractivity contribution is 5.97. The van der Waals surface area contributed by atoms with Crippen LogP contribution in [0.1, 0.15) is 5.56 Å². The molecular weight excluding hydrogens is 477 g/mol. The van der Waals surface area contributed by atoms with Gasteiger partial charge in [-0.1, -0.05) is 30.3 Å². The van der Waals surface area contributed by atoms with Crippen molar-refractivity contribution in [3.8, 4) is 11.5 Å². The first-order valence-electron chi connectivity index (χ1n) is 12.1. The zero-order chi connectivity index (χ0) is 25.9. The lowest BCUT2D eigenvalue weighted by atomic mass is 10.2. The molecule has 0 saturated carbocycles. The molecule has 4 rings (SSSR count). The van der Waals surface area contributed by atoms with Crippen LogP contribution in [0.25, 0.3) is 0 Å². The first-order chi connectivity index (χ1) is 18.0. The molecule has 1 atom stereocenters. The van der Waals surface area contributed by atoms with Gasteiger partial charge in [-0.05, 0) is 54.1 Å². The molecule has 0 aromatic heterocycles. The summed E-state index contributed by atoms with van der Waals surface area (Å²) in [5.41, 5.74) is 1.50. The largest absolute Gasteiger partial charge is 0.457 e. The van der Waals surface area contributed by atoms with Gasteiger partial charge < -0.3 is 24.8 Å². The van der Waals surface area contributed by atoms with E-state index >= 15 is 0 Å². The van der Waals surface area contributed by atoms with E-state index in [0.717, 1.165) is 5.56 Å². The number of rotatable bonds is 11. The van der Waals surface area contributed by atoms with Crippen LogP contribution in [0.2, 0.25) is 0 Å². The molecule has 194 valence electrons. The second kappa shape index (κ2) is 13.5. The topological polar surface area (TPSA) is 89.1 Å². The number of benzene rings is 3. The number of hydrogen-bond acceptors (Lipinski definition) is 6. The number of halogens is 1. The average Bonchev–Trinajstić information content (AvgIpc) is 2.91. The summed E-state index contributed by atoms with van der Waals surface area (Å²) in [6, 6.07) is 21.2. The molecule has 2 N–H and O–H groups in total. The minimum atomic E-state index is -0.882. The number of nitrogens with zero attached hydrogens (tertiary/aromatic N) is 1. The van der Waals surface area contributed by atoms with Crippen LogP contribution in [0.3, 0.4) is 0 Å². The van der Waals surface area contributed by atoms with E-state index in [1.54, 1.807) is 24.3 Å². The lowest BCUT2D eigenvalue weighted by Gasteiger charge is -2.27. The second-order valence-corrected chi connectivity index (χ2v) is 8.58. The van der Waals surface area contributed by atoms with Crippen LogP contribution in [0, 0.1) is 5.82 Å². The highest BCUT2D eigenvalue weighted by Crippen LogP contribution is 2.23. The van der Waals surface area contributed by atoms with E-state index < -0.39 is 11.9 Å². The van der Waals surface area contributed by atoms with Crippen molar-refractivity contribution in [2.24, 2.45) is 0 Å². The van der Waals surface area contributed by atoms with Crippen molar-refractivity contribution >= 4 is 17.5 Å². The van der Waals surface area contributed by atoms with Gasteiger partial charge in [-0.15, -0.1) is 0 Å². The standard InChI is InChI=1S/C28H30FN3O5/c29-22-6-10-24(11-7-22)37-25-12-8-23(9-13-25)30-28(34)26(20-36-19-21-4-2-1-3-5-21)31-27(33)18-32-14-16-35-17-15-32/h1-13,26H,14-20H2,(H,30,34)(H,31,33)/t26-/m0/s1. The smallest absolute Gasteiger partial charge is 0.249 e. The lowest BCUT2D eigenvalue weighted by Crippen LogP contribution is -2.51. The van der Waals surface area contributed by atoms with Crippen molar-refractivity contribution in [2.45, 2.75) is 12.6 Å². The van der Waals surface area contributed by atoms with Gasteiger partial charge in [0.1, 0.15) is 23.4 Å². The van der Waals surface area contributed by atoms with Crippen LogP contribution in [0.15, 0.2) is 78.9 Å². The van der Waals surface area contributed by atoms with Crippen LogP contribution < -0.4 is 15.4 Å². The molecular formula is C28H30FN3O5. The first kappa shape index (κ1) is 26.3. The maximum absolute atomic E-state index is 13.1. The normalized spacial score (nSPS) is 14.5. The molecule has 37 heavy (non-hydrogen) atoms. The number of nitrogens with one attached hydrogen (secondary N) is 2. The van der Waals surface area contributed by atoms with E-state index in [2.05, 4.69) is 10.6 Å². The fourth-order valence-corrected chi connectivity index (χ4v) is 3.73. The molecule has 3 aromatic rings. The number of hydrogen-bond donors (Lipinski definition) is 2. The molecule has 1 fully saturated rings. The van der Waals surface area contributed by atoms with Crippen molar-refractivity contribution in [3.05, 3.63) is 90.2 Å². The number of amides is 2. The maximum Gasteiger partial charge on any atom is 0.249 e. The molecule has 0 aliphatic carbocycles. The molecule has 3 aromatic carbocycles. The van der Waals surface area contributed by atoms with Gasteiger partial charge in [-0.25, -0.2) is 4.39 Å². The van der Waals surface area contributed by atoms with E-state index in [9.17, 15) is 14.0 Å². The van der Waals surface area contributed by atoms with Gasteiger partial charge in [0.2, 0.25) is 11.8 Å². The van der Waals surface area contributed by atoms with E-state index in [0.29, 0.717) is 50.1 Å². The Kier molecular flexibility index (Phi) is 9.59. The zero-order valence-electron chi connectivity index (χ0n) is 20.4. The van der Waals surface area contributed by atoms with Crippen LogP contribution >= 0.6 is 0 Å². The summed E-state index contributed by atoms with van der Waals surface area (Å²) in [5.74, 6) is 0.0386. The lowest BCUT2D eigenvalue weighted by molar-refractivity contribution is -0.129. The molecule has 0 bridgehead atoms. The van der Waals surface area contributed by atoms with Crippen LogP contribution in [0.4, 0.5) is 10.1 Å². The molecule has 1 saturated heterocycles. The maximum atomic E-state index is 13.1. The highest BCUT2D eigenvalue weighted by Gasteiger charge is 2.23. The minimum absolute atomic E-state index is 0.0152. The Morgan fingerprint density at radius 3 is 2.24 bits per heavy atom. The van der Waals surface area contributed by atoms with Crippen molar-refractivity contribution in [2.75, 3.05) is 44.8 Å². The van der Waals surface area contributed by atoms with Crippen molar-refractivity contribution in [3.63, 3.8) is 0 Å². The van der Waals surface area contributed by atoms with E-state index in [1.807, 2.05) is 35.2 Å². The Bertz CT molecular complexity index is 1140. The molecule has 1 heterocycles. The van der Waals surface area contributed by atoms with E-state index in [4.69, 9.17) is 14.2 Å². The van der Waals surface area contributed by atoms with Gasteiger partial charge in [0.15, 0.2) is 0 Å². The Hall–Kier alpha value is -3.79. The molecule has 1 aliphatic rings. The molecule has 9 heteroatoms. The van der Waals surface area contributed by atoms with Gasteiger partial charge >= 0.3 is 0 Å². The number of carbonyl (C=O) groups is 2. The summed E-state index contributed by atoms with van der Waals surface area (Å²) in [4.78, 5) is 27.8. The average molecular weight is 508 g/mol.